The van der Waals surface area contributed by atoms with E-state index in [-0.39, 0.29) is 19.6 Å². The smallest absolute Gasteiger partial charge is 0.410 e. The molecule has 134 valence electrons. The van der Waals surface area contributed by atoms with Crippen molar-refractivity contribution in [3.8, 4) is 5.75 Å². The van der Waals surface area contributed by atoms with Gasteiger partial charge in [0.15, 0.2) is 0 Å². The molecule has 1 aromatic carbocycles. The van der Waals surface area contributed by atoms with Crippen LogP contribution in [0, 0.1) is 0 Å². The van der Waals surface area contributed by atoms with Gasteiger partial charge in [0.1, 0.15) is 11.8 Å². The van der Waals surface area contributed by atoms with E-state index in [9.17, 15) is 14.4 Å². The molecule has 1 aromatic rings. The number of fused-ring (bicyclic) bond motifs is 1. The van der Waals surface area contributed by atoms with Crippen molar-refractivity contribution < 1.29 is 23.9 Å². The molecule has 0 saturated carbocycles. The molecule has 1 fully saturated rings. The fourth-order valence-electron chi connectivity index (χ4n) is 3.10. The Morgan fingerprint density at radius 1 is 1.44 bits per heavy atom. The Morgan fingerprint density at radius 2 is 2.20 bits per heavy atom. The van der Waals surface area contributed by atoms with Crippen LogP contribution in [0.2, 0.25) is 0 Å². The zero-order valence-corrected chi connectivity index (χ0v) is 14.0. The number of anilines is 1. The number of nitrogens with one attached hydrogen (secondary N) is 1. The third-order valence-electron chi connectivity index (χ3n) is 4.47. The lowest BCUT2D eigenvalue weighted by molar-refractivity contribution is -0.131. The average Bonchev–Trinajstić information content (AvgIpc) is 2.97. The number of likely N-dealkylation sites (tertiary alicyclic amines) is 1. The first-order chi connectivity index (χ1) is 12.0. The zero-order valence-electron chi connectivity index (χ0n) is 14.0. The standard InChI is InChI=1S/C17H21N3O5/c1-2-3-8-24-16(23)20-10-17(9-12(20)14(18)21)15(22)19-11-6-4-5-7-13(11)25-17/h4-7,12H,2-3,8-10H2,1H3,(H2,18,21)(H,19,22)/t12-,17+/m0/s1. The molecule has 0 radical (unpaired) electrons. The molecule has 1 saturated heterocycles. The Kier molecular flexibility index (Phi) is 4.52. The molecule has 3 N–H and O–H groups in total. The number of carbonyl (C=O) groups is 3. The first kappa shape index (κ1) is 17.1. The molecule has 1 spiro atoms. The number of hydrogen-bond donors (Lipinski definition) is 2. The fourth-order valence-corrected chi connectivity index (χ4v) is 3.10. The van der Waals surface area contributed by atoms with Gasteiger partial charge in [-0.2, -0.15) is 0 Å². The van der Waals surface area contributed by atoms with Crippen LogP contribution in [0.25, 0.3) is 0 Å². The normalized spacial score (nSPS) is 24.4. The number of amides is 3. The van der Waals surface area contributed by atoms with Gasteiger partial charge in [-0.15, -0.1) is 0 Å². The third-order valence-corrected chi connectivity index (χ3v) is 4.47. The van der Waals surface area contributed by atoms with Crippen molar-refractivity contribution in [2.75, 3.05) is 18.5 Å². The number of primary amides is 1. The van der Waals surface area contributed by atoms with Gasteiger partial charge < -0.3 is 20.5 Å². The Balaban J connectivity index is 1.83. The van der Waals surface area contributed by atoms with E-state index >= 15 is 0 Å². The summed E-state index contributed by atoms with van der Waals surface area (Å²) in [6, 6.07) is 6.04. The maximum Gasteiger partial charge on any atom is 0.410 e. The number of rotatable bonds is 4. The highest BCUT2D eigenvalue weighted by atomic mass is 16.6. The number of nitrogens with two attached hydrogens (primary N) is 1. The van der Waals surface area contributed by atoms with E-state index in [0.29, 0.717) is 11.4 Å². The van der Waals surface area contributed by atoms with Gasteiger partial charge in [0, 0.05) is 6.42 Å². The van der Waals surface area contributed by atoms with Crippen LogP contribution in [0.1, 0.15) is 26.2 Å². The maximum atomic E-state index is 12.6. The fraction of sp³-hybridized carbons (Fsp3) is 0.471. The van der Waals surface area contributed by atoms with Crippen LogP contribution in [0.5, 0.6) is 5.75 Å². The van der Waals surface area contributed by atoms with E-state index in [4.69, 9.17) is 15.2 Å². The second kappa shape index (κ2) is 6.62. The third kappa shape index (κ3) is 3.11. The molecule has 3 amide bonds. The number of unbranched alkanes of at least 4 members (excludes halogenated alkanes) is 1. The monoisotopic (exact) mass is 347 g/mol. The molecule has 0 aliphatic carbocycles. The van der Waals surface area contributed by atoms with E-state index < -0.39 is 29.6 Å². The highest BCUT2D eigenvalue weighted by molar-refractivity contribution is 6.02. The van der Waals surface area contributed by atoms with Crippen LogP contribution in [0.4, 0.5) is 10.5 Å². The summed E-state index contributed by atoms with van der Waals surface area (Å²) in [6.45, 7) is 2.13. The highest BCUT2D eigenvalue weighted by Gasteiger charge is 2.57. The molecular formula is C17H21N3O5. The van der Waals surface area contributed by atoms with Gasteiger partial charge >= 0.3 is 6.09 Å². The summed E-state index contributed by atoms with van der Waals surface area (Å²) in [5.74, 6) is -0.604. The summed E-state index contributed by atoms with van der Waals surface area (Å²) >= 11 is 0. The summed E-state index contributed by atoms with van der Waals surface area (Å²) in [6.07, 6.45) is 0.921. The van der Waals surface area contributed by atoms with E-state index in [2.05, 4.69) is 5.32 Å². The van der Waals surface area contributed by atoms with Crippen molar-refractivity contribution in [2.24, 2.45) is 5.73 Å². The van der Waals surface area contributed by atoms with E-state index in [0.717, 1.165) is 12.8 Å². The van der Waals surface area contributed by atoms with Gasteiger partial charge in [-0.05, 0) is 18.6 Å². The quantitative estimate of drug-likeness (QED) is 0.797. The first-order valence-corrected chi connectivity index (χ1v) is 8.29. The van der Waals surface area contributed by atoms with E-state index in [1.807, 2.05) is 6.92 Å². The molecule has 8 nitrogen and oxygen atoms in total. The molecule has 0 aromatic heterocycles. The summed E-state index contributed by atoms with van der Waals surface area (Å²) < 4.78 is 11.1. The van der Waals surface area contributed by atoms with Crippen LogP contribution in [-0.2, 0) is 14.3 Å². The lowest BCUT2D eigenvalue weighted by Gasteiger charge is -2.34. The molecule has 3 rings (SSSR count). The number of ether oxygens (including phenoxy) is 2. The summed E-state index contributed by atoms with van der Waals surface area (Å²) in [7, 11) is 0. The Morgan fingerprint density at radius 3 is 2.92 bits per heavy atom. The lowest BCUT2D eigenvalue weighted by Crippen LogP contribution is -2.53. The Labute approximate surface area is 145 Å². The number of nitrogens with zero attached hydrogens (tertiary/aromatic N) is 1. The highest BCUT2D eigenvalue weighted by Crippen LogP contribution is 2.40. The van der Waals surface area contributed by atoms with Crippen molar-refractivity contribution in [1.29, 1.82) is 0 Å². The zero-order chi connectivity index (χ0) is 18.0. The van der Waals surface area contributed by atoms with E-state index in [1.165, 1.54) is 4.90 Å². The van der Waals surface area contributed by atoms with Crippen LogP contribution < -0.4 is 15.8 Å². The molecule has 0 unspecified atom stereocenters. The topological polar surface area (TPSA) is 111 Å². The van der Waals surface area contributed by atoms with Gasteiger partial charge in [-0.3, -0.25) is 14.5 Å². The first-order valence-electron chi connectivity index (χ1n) is 8.29. The van der Waals surface area contributed by atoms with Crippen molar-refractivity contribution in [3.63, 3.8) is 0 Å². The molecule has 2 heterocycles. The molecule has 2 aliphatic heterocycles. The van der Waals surface area contributed by atoms with Gasteiger partial charge in [-0.1, -0.05) is 25.5 Å². The van der Waals surface area contributed by atoms with Gasteiger partial charge in [-0.25, -0.2) is 4.79 Å². The van der Waals surface area contributed by atoms with Gasteiger partial charge in [0.2, 0.25) is 11.5 Å². The number of carbonyl (C=O) groups excluding carboxylic acids is 3. The van der Waals surface area contributed by atoms with Crippen molar-refractivity contribution in [3.05, 3.63) is 24.3 Å². The largest absolute Gasteiger partial charge is 0.473 e. The Hall–Kier alpha value is -2.77. The minimum atomic E-state index is -1.35. The predicted molar refractivity (Wildman–Crippen MR) is 89.0 cm³/mol. The molecule has 0 bridgehead atoms. The molecular weight excluding hydrogens is 326 g/mol. The number of para-hydroxylation sites is 2. The second-order valence-corrected chi connectivity index (χ2v) is 6.26. The summed E-state index contributed by atoms with van der Waals surface area (Å²) in [4.78, 5) is 37.9. The minimum absolute atomic E-state index is 0.00855. The van der Waals surface area contributed by atoms with Crippen molar-refractivity contribution >= 4 is 23.6 Å². The Bertz CT molecular complexity index is 707. The van der Waals surface area contributed by atoms with Crippen LogP contribution >= 0.6 is 0 Å². The van der Waals surface area contributed by atoms with Crippen LogP contribution in [-0.4, -0.2) is 47.6 Å². The molecule has 8 heteroatoms. The number of benzene rings is 1. The lowest BCUT2D eigenvalue weighted by atomic mass is 9.96. The predicted octanol–water partition coefficient (Wildman–Crippen LogP) is 1.25. The van der Waals surface area contributed by atoms with Crippen LogP contribution in [0.15, 0.2) is 24.3 Å². The second-order valence-electron chi connectivity index (χ2n) is 6.26. The number of hydrogen-bond acceptors (Lipinski definition) is 5. The SMILES string of the molecule is CCCCOC(=O)N1C[C@@]2(C[C@H]1C(N)=O)Oc1ccccc1NC2=O. The van der Waals surface area contributed by atoms with Crippen molar-refractivity contribution in [1.82, 2.24) is 4.90 Å². The van der Waals surface area contributed by atoms with Crippen LogP contribution in [0.3, 0.4) is 0 Å². The summed E-state index contributed by atoms with van der Waals surface area (Å²) in [5.41, 5.74) is 4.64. The van der Waals surface area contributed by atoms with Gasteiger partial charge in [0.25, 0.3) is 5.91 Å². The average molecular weight is 347 g/mol. The molecule has 25 heavy (non-hydrogen) atoms. The van der Waals surface area contributed by atoms with E-state index in [1.54, 1.807) is 24.3 Å². The minimum Gasteiger partial charge on any atom is -0.473 e. The summed E-state index contributed by atoms with van der Waals surface area (Å²) in [5, 5.41) is 2.77. The maximum absolute atomic E-state index is 12.6. The van der Waals surface area contributed by atoms with Crippen molar-refractivity contribution in [2.45, 2.75) is 37.8 Å². The van der Waals surface area contributed by atoms with Gasteiger partial charge in [0.05, 0.1) is 18.8 Å². The molecule has 2 atom stereocenters. The molecule has 2 aliphatic rings.